The fraction of sp³-hybridized carbons (Fsp3) is 0.667. The summed E-state index contributed by atoms with van der Waals surface area (Å²) in [6.45, 7) is 17.9. The van der Waals surface area contributed by atoms with Gasteiger partial charge in [0.05, 0.1) is 0 Å². The van der Waals surface area contributed by atoms with Gasteiger partial charge in [0.15, 0.2) is 0 Å². The van der Waals surface area contributed by atoms with Crippen LogP contribution in [-0.4, -0.2) is 81.6 Å². The summed E-state index contributed by atoms with van der Waals surface area (Å²) >= 11 is -3.29. The Morgan fingerprint density at radius 2 is 1.66 bits per heavy atom. The van der Waals surface area contributed by atoms with Crippen molar-refractivity contribution in [3.63, 3.8) is 0 Å². The van der Waals surface area contributed by atoms with E-state index in [-0.39, 0.29) is 23.3 Å². The molecule has 1 N–H and O–H groups in total. The van der Waals surface area contributed by atoms with E-state index in [0.29, 0.717) is 31.1 Å². The Hall–Kier alpha value is -1.79. The first kappa shape index (κ1) is 39.6. The van der Waals surface area contributed by atoms with Gasteiger partial charge in [0.25, 0.3) is 0 Å². The maximum absolute atomic E-state index is 16.6. The van der Waals surface area contributed by atoms with E-state index in [4.69, 9.17) is 4.74 Å². The van der Waals surface area contributed by atoms with Crippen LogP contribution >= 0.6 is 0 Å². The molecule has 2 heterocycles. The monoisotopic (exact) mass is 784 g/mol. The van der Waals surface area contributed by atoms with Crippen LogP contribution in [-0.2, 0) is 0 Å². The van der Waals surface area contributed by atoms with Gasteiger partial charge >= 0.3 is 261 Å². The number of ether oxygens (including phenoxy) is 1. The van der Waals surface area contributed by atoms with E-state index >= 15 is 4.39 Å². The van der Waals surface area contributed by atoms with Crippen LogP contribution in [0.4, 0.5) is 24.5 Å². The van der Waals surface area contributed by atoms with Crippen molar-refractivity contribution >= 4 is 47.3 Å². The first-order valence-corrected chi connectivity index (χ1v) is 29.0. The number of alkyl halides is 2. The van der Waals surface area contributed by atoms with Crippen LogP contribution in [0.5, 0.6) is 5.88 Å². The predicted molar refractivity (Wildman–Crippen MR) is 196 cm³/mol. The van der Waals surface area contributed by atoms with Gasteiger partial charge in [-0.05, 0) is 0 Å². The number of rotatable bonds is 18. The molecule has 1 amide bonds. The maximum atomic E-state index is 16.6. The molecule has 1 aromatic carbocycles. The molecule has 1 aromatic heterocycles. The van der Waals surface area contributed by atoms with Crippen LogP contribution in [0.1, 0.15) is 88.6 Å². The van der Waals surface area contributed by atoms with Gasteiger partial charge in [-0.15, -0.1) is 0 Å². The molecule has 1 fully saturated rings. The van der Waals surface area contributed by atoms with E-state index in [9.17, 15) is 13.6 Å². The normalized spacial score (nSPS) is 16.2. The number of anilines is 2. The summed E-state index contributed by atoms with van der Waals surface area (Å²) in [6.07, 6.45) is 4.67. The van der Waals surface area contributed by atoms with E-state index in [1.807, 2.05) is 6.07 Å². The second-order valence-electron chi connectivity index (χ2n) is 14.7. The second kappa shape index (κ2) is 18.3. The molecule has 0 unspecified atom stereocenters. The number of hydrogen-bond donors (Lipinski definition) is 1. The Balaban J connectivity index is 2.10. The standard InChI is InChI=1S/C24H32F3N4O2Si.3C4H9.Sn/c1-16-15-31(9-8-30(16)2)21-12-17(25)6-7-20(21)29-24(32)19-14-28-22(13-18(19)23(26)27)33-10-11-34(3,4)5;3*1-3-4-2;/h7,12-14,16,23H,8-11,15H2,1-5H3,(H,29,32);3*1,3-4H2,2H3;/t16-;;;;/m0..../s1. The fourth-order valence-corrected chi connectivity index (χ4v) is 23.4. The van der Waals surface area contributed by atoms with Gasteiger partial charge in [0.1, 0.15) is 0 Å². The summed E-state index contributed by atoms with van der Waals surface area (Å²) in [7, 11) is 0.687. The minimum absolute atomic E-state index is 0.0907. The molecule has 6 nitrogen and oxygen atoms in total. The number of carbonyl (C=O) groups excluding carboxylic acids is 1. The zero-order valence-electron chi connectivity index (χ0n) is 30.2. The Labute approximate surface area is 287 Å². The number of hydrogen-bond acceptors (Lipinski definition) is 5. The summed E-state index contributed by atoms with van der Waals surface area (Å²) in [5.74, 6) is -0.745. The number of benzene rings is 1. The predicted octanol–water partition coefficient (Wildman–Crippen LogP) is 9.32. The summed E-state index contributed by atoms with van der Waals surface area (Å²) in [6, 6.07) is 5.81. The van der Waals surface area contributed by atoms with Crippen molar-refractivity contribution in [3.8, 4) is 5.88 Å². The molecule has 264 valence electrons. The molecule has 1 atom stereocenters. The molecule has 1 aliphatic heterocycles. The van der Waals surface area contributed by atoms with Gasteiger partial charge in [-0.3, -0.25) is 0 Å². The molecule has 47 heavy (non-hydrogen) atoms. The van der Waals surface area contributed by atoms with Gasteiger partial charge in [0.2, 0.25) is 0 Å². The summed E-state index contributed by atoms with van der Waals surface area (Å²) in [5.41, 5.74) is 0.502. The molecule has 1 saturated heterocycles. The van der Waals surface area contributed by atoms with Crippen molar-refractivity contribution in [2.45, 2.75) is 118 Å². The Kier molecular flexibility index (Phi) is 15.4. The number of piperazine rings is 1. The van der Waals surface area contributed by atoms with E-state index in [0.717, 1.165) is 68.0 Å². The topological polar surface area (TPSA) is 57.7 Å². The number of carbonyl (C=O) groups is 1. The molecule has 0 spiro atoms. The molecule has 0 radical (unpaired) electrons. The van der Waals surface area contributed by atoms with Crippen LogP contribution in [0.3, 0.4) is 0 Å². The molecule has 11 heteroatoms. The quantitative estimate of drug-likeness (QED) is 0.153. The van der Waals surface area contributed by atoms with Crippen molar-refractivity contribution < 1.29 is 22.7 Å². The zero-order valence-corrected chi connectivity index (χ0v) is 34.0. The summed E-state index contributed by atoms with van der Waals surface area (Å²) in [4.78, 5) is 22.5. The number of aromatic nitrogens is 1. The molecule has 0 aliphatic carbocycles. The number of likely N-dealkylation sites (N-methyl/N-ethyl adjacent to an activating group) is 1. The SMILES string of the molecule is CCC[CH2][Sn]([CH2]CCC)([CH2]CCC)[c]1cc(NC(=O)c2cnc(OCC[Si](C)(C)C)cc2C(F)F)c(N2CCN(C)[C@@H](C)C2)cc1F. The zero-order chi connectivity index (χ0) is 34.8. The molecule has 1 aliphatic rings. The van der Waals surface area contributed by atoms with Gasteiger partial charge in [0, 0.05) is 8.07 Å². The average Bonchev–Trinajstić information content (AvgIpc) is 3.02. The Morgan fingerprint density at radius 1 is 1.04 bits per heavy atom. The summed E-state index contributed by atoms with van der Waals surface area (Å²) in [5, 5.41) is 3.00. The summed E-state index contributed by atoms with van der Waals surface area (Å²) < 4.78 is 55.1. The number of pyridine rings is 1. The van der Waals surface area contributed by atoms with Crippen LogP contribution in [0.15, 0.2) is 24.4 Å². The molecular weight excluding hydrogens is 724 g/mol. The van der Waals surface area contributed by atoms with Gasteiger partial charge < -0.3 is 0 Å². The number of nitrogens with one attached hydrogen (secondary N) is 1. The Bertz CT molecular complexity index is 1290. The van der Waals surface area contributed by atoms with Crippen molar-refractivity contribution in [1.29, 1.82) is 0 Å². The van der Waals surface area contributed by atoms with Gasteiger partial charge in [-0.25, -0.2) is 0 Å². The van der Waals surface area contributed by atoms with E-state index < -0.39 is 44.3 Å². The second-order valence-corrected chi connectivity index (χ2v) is 33.5. The molecule has 0 saturated carbocycles. The van der Waals surface area contributed by atoms with Crippen LogP contribution in [0.25, 0.3) is 0 Å². The van der Waals surface area contributed by atoms with E-state index in [1.165, 1.54) is 12.3 Å². The number of nitrogens with zero attached hydrogens (tertiary/aromatic N) is 3. The number of halogens is 3. The van der Waals surface area contributed by atoms with Crippen LogP contribution < -0.4 is 18.5 Å². The third-order valence-electron chi connectivity index (χ3n) is 9.72. The van der Waals surface area contributed by atoms with Gasteiger partial charge in [-0.2, -0.15) is 0 Å². The van der Waals surface area contributed by atoms with Crippen LogP contribution in [0.2, 0.25) is 39.0 Å². The third-order valence-corrected chi connectivity index (χ3v) is 27.0. The van der Waals surface area contributed by atoms with Crippen molar-refractivity contribution in [2.24, 2.45) is 0 Å². The Morgan fingerprint density at radius 3 is 2.19 bits per heavy atom. The fourth-order valence-electron chi connectivity index (χ4n) is 6.47. The van der Waals surface area contributed by atoms with E-state index in [1.54, 1.807) is 6.07 Å². The average molecular weight is 784 g/mol. The van der Waals surface area contributed by atoms with E-state index in [2.05, 4.69) is 74.5 Å². The first-order valence-electron chi connectivity index (χ1n) is 17.8. The number of amides is 1. The van der Waals surface area contributed by atoms with Gasteiger partial charge in [-0.1, -0.05) is 19.6 Å². The first-order chi connectivity index (χ1) is 22.2. The van der Waals surface area contributed by atoms with Crippen molar-refractivity contribution in [1.82, 2.24) is 9.88 Å². The van der Waals surface area contributed by atoms with Crippen molar-refractivity contribution in [2.75, 3.05) is 43.5 Å². The minimum atomic E-state index is -3.29. The molecular formula is C36H59F3N4O2SiSn. The van der Waals surface area contributed by atoms with Crippen LogP contribution in [0, 0.1) is 5.82 Å². The molecule has 0 bridgehead atoms. The third kappa shape index (κ3) is 11.1. The molecule has 2 aromatic rings. The number of unbranched alkanes of at least 4 members (excludes halogenated alkanes) is 3. The molecule has 3 rings (SSSR count). The van der Waals surface area contributed by atoms with Crippen molar-refractivity contribution in [3.05, 3.63) is 41.3 Å².